The maximum atomic E-state index is 12.5. The SMILES string of the molecule is O=C(CSc1cn(CCNC(=O)c2ccc(Cl)cc2Cl)c2ccccc12)Nc1ccc(Br)cc1. The molecule has 174 valence electrons. The van der Waals surface area contributed by atoms with Gasteiger partial charge in [-0.2, -0.15) is 0 Å². The Morgan fingerprint density at radius 3 is 2.53 bits per heavy atom. The molecule has 0 radical (unpaired) electrons. The van der Waals surface area contributed by atoms with E-state index in [0.29, 0.717) is 28.7 Å². The van der Waals surface area contributed by atoms with Crippen LogP contribution in [0.4, 0.5) is 5.69 Å². The number of nitrogens with zero attached hydrogens (tertiary/aromatic N) is 1. The van der Waals surface area contributed by atoms with E-state index < -0.39 is 0 Å². The Kier molecular flexibility index (Phi) is 8.21. The normalized spacial score (nSPS) is 10.9. The van der Waals surface area contributed by atoms with E-state index in [1.54, 1.807) is 18.2 Å². The smallest absolute Gasteiger partial charge is 0.252 e. The molecule has 0 aliphatic heterocycles. The van der Waals surface area contributed by atoms with Crippen LogP contribution in [0.2, 0.25) is 10.0 Å². The second kappa shape index (κ2) is 11.3. The molecule has 0 spiro atoms. The van der Waals surface area contributed by atoms with Crippen LogP contribution in [0.25, 0.3) is 10.9 Å². The number of anilines is 1. The molecule has 0 saturated heterocycles. The highest BCUT2D eigenvalue weighted by atomic mass is 79.9. The van der Waals surface area contributed by atoms with Gasteiger partial charge in [0.2, 0.25) is 5.91 Å². The highest BCUT2D eigenvalue weighted by molar-refractivity contribution is 9.10. The van der Waals surface area contributed by atoms with Crippen LogP contribution in [0.3, 0.4) is 0 Å². The molecule has 5 nitrogen and oxygen atoms in total. The molecule has 1 aromatic heterocycles. The lowest BCUT2D eigenvalue weighted by Crippen LogP contribution is -2.27. The number of fused-ring (bicyclic) bond motifs is 1. The Balaban J connectivity index is 1.38. The molecule has 0 atom stereocenters. The van der Waals surface area contributed by atoms with E-state index in [-0.39, 0.29) is 17.6 Å². The van der Waals surface area contributed by atoms with Crippen molar-refractivity contribution in [3.63, 3.8) is 0 Å². The molecule has 2 amide bonds. The first kappa shape index (κ1) is 24.7. The maximum absolute atomic E-state index is 12.5. The summed E-state index contributed by atoms with van der Waals surface area (Å²) < 4.78 is 3.04. The molecule has 1 heterocycles. The van der Waals surface area contributed by atoms with Gasteiger partial charge in [0.05, 0.1) is 16.3 Å². The zero-order valence-electron chi connectivity index (χ0n) is 17.9. The van der Waals surface area contributed by atoms with Crippen LogP contribution in [0.1, 0.15) is 10.4 Å². The van der Waals surface area contributed by atoms with Crippen molar-refractivity contribution in [2.24, 2.45) is 0 Å². The van der Waals surface area contributed by atoms with E-state index in [9.17, 15) is 9.59 Å². The van der Waals surface area contributed by atoms with Crippen LogP contribution in [-0.4, -0.2) is 28.7 Å². The number of para-hydroxylation sites is 1. The lowest BCUT2D eigenvalue weighted by molar-refractivity contribution is -0.113. The predicted octanol–water partition coefficient (Wildman–Crippen LogP) is 6.87. The number of rotatable bonds is 8. The summed E-state index contributed by atoms with van der Waals surface area (Å²) in [5.41, 5.74) is 2.18. The van der Waals surface area contributed by atoms with Gasteiger partial charge in [0.25, 0.3) is 5.91 Å². The number of hydrogen-bond acceptors (Lipinski definition) is 3. The van der Waals surface area contributed by atoms with Crippen molar-refractivity contribution < 1.29 is 9.59 Å². The van der Waals surface area contributed by atoms with E-state index in [4.69, 9.17) is 23.2 Å². The first-order valence-electron chi connectivity index (χ1n) is 10.4. The fourth-order valence-electron chi connectivity index (χ4n) is 3.45. The third-order valence-corrected chi connectivity index (χ3v) is 7.17. The van der Waals surface area contributed by atoms with E-state index in [1.807, 2.05) is 54.7 Å². The zero-order valence-corrected chi connectivity index (χ0v) is 21.8. The van der Waals surface area contributed by atoms with Crippen molar-refractivity contribution in [1.82, 2.24) is 9.88 Å². The van der Waals surface area contributed by atoms with E-state index in [0.717, 1.165) is 26.0 Å². The van der Waals surface area contributed by atoms with Gasteiger partial charge in [-0.1, -0.05) is 57.3 Å². The topological polar surface area (TPSA) is 63.1 Å². The summed E-state index contributed by atoms with van der Waals surface area (Å²) in [5.74, 6) is -0.0378. The first-order valence-corrected chi connectivity index (χ1v) is 12.9. The van der Waals surface area contributed by atoms with Gasteiger partial charge in [-0.15, -0.1) is 11.8 Å². The summed E-state index contributed by atoms with van der Waals surface area (Å²) in [6, 6.07) is 20.3. The van der Waals surface area contributed by atoms with Gasteiger partial charge < -0.3 is 15.2 Å². The van der Waals surface area contributed by atoms with Gasteiger partial charge in [0.1, 0.15) is 0 Å². The summed E-state index contributed by atoms with van der Waals surface area (Å²) in [6.07, 6.45) is 2.02. The Morgan fingerprint density at radius 1 is 1.00 bits per heavy atom. The second-order valence-electron chi connectivity index (χ2n) is 7.43. The fraction of sp³-hybridized carbons (Fsp3) is 0.120. The van der Waals surface area contributed by atoms with Crippen molar-refractivity contribution in [2.75, 3.05) is 17.6 Å². The third-order valence-electron chi connectivity index (χ3n) is 5.05. The minimum Gasteiger partial charge on any atom is -0.350 e. The average molecular weight is 577 g/mol. The molecule has 4 rings (SSSR count). The van der Waals surface area contributed by atoms with Gasteiger partial charge in [-0.3, -0.25) is 9.59 Å². The number of thioether (sulfide) groups is 1. The maximum Gasteiger partial charge on any atom is 0.252 e. The average Bonchev–Trinajstić information content (AvgIpc) is 3.17. The highest BCUT2D eigenvalue weighted by Gasteiger charge is 2.13. The molecular formula is C25H20BrCl2N3O2S. The van der Waals surface area contributed by atoms with Crippen LogP contribution in [0, 0.1) is 0 Å². The quantitative estimate of drug-likeness (QED) is 0.225. The monoisotopic (exact) mass is 575 g/mol. The molecule has 0 unspecified atom stereocenters. The van der Waals surface area contributed by atoms with Gasteiger partial charge in [-0.25, -0.2) is 0 Å². The molecule has 0 aliphatic carbocycles. The van der Waals surface area contributed by atoms with Gasteiger partial charge >= 0.3 is 0 Å². The molecule has 9 heteroatoms. The number of carbonyl (C=O) groups is 2. The Labute approximate surface area is 219 Å². The summed E-state index contributed by atoms with van der Waals surface area (Å²) >= 11 is 16.9. The van der Waals surface area contributed by atoms with Crippen molar-refractivity contribution in [3.8, 4) is 0 Å². The third kappa shape index (κ3) is 6.16. The van der Waals surface area contributed by atoms with Crippen LogP contribution < -0.4 is 10.6 Å². The van der Waals surface area contributed by atoms with Crippen LogP contribution in [-0.2, 0) is 11.3 Å². The van der Waals surface area contributed by atoms with E-state index in [1.165, 1.54) is 11.8 Å². The molecule has 0 fully saturated rings. The number of carbonyl (C=O) groups excluding carboxylic acids is 2. The lowest BCUT2D eigenvalue weighted by atomic mass is 10.2. The zero-order chi connectivity index (χ0) is 24.1. The lowest BCUT2D eigenvalue weighted by Gasteiger charge is -2.09. The number of hydrogen-bond donors (Lipinski definition) is 2. The molecule has 34 heavy (non-hydrogen) atoms. The van der Waals surface area contributed by atoms with Gasteiger partial charge in [0, 0.05) is 50.3 Å². The van der Waals surface area contributed by atoms with Crippen LogP contribution >= 0.6 is 50.9 Å². The molecular weight excluding hydrogens is 557 g/mol. The van der Waals surface area contributed by atoms with Gasteiger partial charge in [-0.05, 0) is 48.5 Å². The Hall–Kier alpha value is -2.45. The van der Waals surface area contributed by atoms with Crippen molar-refractivity contribution in [3.05, 3.63) is 93.0 Å². The summed E-state index contributed by atoms with van der Waals surface area (Å²) in [5, 5.41) is 7.68. The molecule has 0 aliphatic rings. The Bertz CT molecular complexity index is 1340. The standard InChI is InChI=1S/C25H20BrCl2N3O2S/c26-16-5-8-18(9-6-16)30-24(32)15-34-23-14-31(22-4-2-1-3-20(22)23)12-11-29-25(33)19-10-7-17(27)13-21(19)28/h1-10,13-14H,11-12,15H2,(H,29,33)(H,30,32). The Morgan fingerprint density at radius 2 is 1.76 bits per heavy atom. The van der Waals surface area contributed by atoms with Crippen molar-refractivity contribution >= 4 is 79.3 Å². The minimum absolute atomic E-state index is 0.0729. The second-order valence-corrected chi connectivity index (χ2v) is 10.2. The molecule has 2 N–H and O–H groups in total. The molecule has 3 aromatic carbocycles. The molecule has 4 aromatic rings. The fourth-order valence-corrected chi connectivity index (χ4v) is 5.09. The van der Waals surface area contributed by atoms with E-state index >= 15 is 0 Å². The minimum atomic E-state index is -0.252. The van der Waals surface area contributed by atoms with Gasteiger partial charge in [0.15, 0.2) is 0 Å². The summed E-state index contributed by atoms with van der Waals surface area (Å²) in [4.78, 5) is 25.9. The van der Waals surface area contributed by atoms with Crippen LogP contribution in [0.15, 0.2) is 82.3 Å². The summed E-state index contributed by atoms with van der Waals surface area (Å²) in [6.45, 7) is 0.994. The van der Waals surface area contributed by atoms with Crippen molar-refractivity contribution in [1.29, 1.82) is 0 Å². The van der Waals surface area contributed by atoms with Crippen molar-refractivity contribution in [2.45, 2.75) is 11.4 Å². The predicted molar refractivity (Wildman–Crippen MR) is 144 cm³/mol. The number of halogens is 3. The van der Waals surface area contributed by atoms with Crippen LogP contribution in [0.5, 0.6) is 0 Å². The summed E-state index contributed by atoms with van der Waals surface area (Å²) in [7, 11) is 0. The number of nitrogens with one attached hydrogen (secondary N) is 2. The highest BCUT2D eigenvalue weighted by Crippen LogP contribution is 2.30. The first-order chi connectivity index (χ1) is 16.4. The molecule has 0 bridgehead atoms. The van der Waals surface area contributed by atoms with E-state index in [2.05, 4.69) is 31.1 Å². The number of benzene rings is 3. The largest absolute Gasteiger partial charge is 0.350 e. The number of aromatic nitrogens is 1. The molecule has 0 saturated carbocycles. The number of amides is 2.